The third-order valence-corrected chi connectivity index (χ3v) is 2.54. The lowest BCUT2D eigenvalue weighted by molar-refractivity contribution is -0.136. The number of rotatable bonds is 4. The molecular formula is C10H14O4. The Hall–Kier alpha value is -1.32. The second-order valence-electron chi connectivity index (χ2n) is 3.54. The van der Waals surface area contributed by atoms with Gasteiger partial charge in [-0.2, -0.15) is 0 Å². The minimum atomic E-state index is -0.984. The Morgan fingerprint density at radius 2 is 1.79 bits per heavy atom. The van der Waals surface area contributed by atoms with Gasteiger partial charge in [0.15, 0.2) is 0 Å². The van der Waals surface area contributed by atoms with Crippen LogP contribution in [0.15, 0.2) is 11.6 Å². The summed E-state index contributed by atoms with van der Waals surface area (Å²) in [5.74, 6) is -1.90. The molecule has 0 aromatic carbocycles. The Bertz CT molecular complexity index is 261. The van der Waals surface area contributed by atoms with Crippen molar-refractivity contribution in [3.05, 3.63) is 11.6 Å². The predicted molar refractivity (Wildman–Crippen MR) is 49.9 cm³/mol. The largest absolute Gasteiger partial charge is 0.481 e. The molecule has 0 aromatic heterocycles. The Labute approximate surface area is 82.2 Å². The molecule has 0 heterocycles. The van der Waals surface area contributed by atoms with Crippen LogP contribution in [0.1, 0.15) is 32.1 Å². The van der Waals surface area contributed by atoms with Gasteiger partial charge in [-0.1, -0.05) is 18.9 Å². The molecule has 0 saturated heterocycles. The number of hydrogen-bond acceptors (Lipinski definition) is 2. The molecule has 0 bridgehead atoms. The maximum atomic E-state index is 10.8. The third kappa shape index (κ3) is 2.87. The summed E-state index contributed by atoms with van der Waals surface area (Å²) in [6, 6.07) is 0. The minimum absolute atomic E-state index is 0.0619. The van der Waals surface area contributed by atoms with Crippen LogP contribution in [0.3, 0.4) is 0 Å². The number of carboxylic acids is 2. The molecule has 0 aromatic rings. The van der Waals surface area contributed by atoms with E-state index in [2.05, 4.69) is 0 Å². The van der Waals surface area contributed by atoms with Gasteiger partial charge in [-0.05, 0) is 18.8 Å². The van der Waals surface area contributed by atoms with Crippen molar-refractivity contribution in [1.82, 2.24) is 0 Å². The van der Waals surface area contributed by atoms with Gasteiger partial charge in [-0.25, -0.2) is 4.79 Å². The van der Waals surface area contributed by atoms with Crippen LogP contribution in [0.4, 0.5) is 0 Å². The normalized spacial score (nSPS) is 18.4. The zero-order valence-corrected chi connectivity index (χ0v) is 7.90. The first-order valence-corrected chi connectivity index (χ1v) is 4.76. The molecule has 4 heteroatoms. The summed E-state index contributed by atoms with van der Waals surface area (Å²) in [5.41, 5.74) is 0.282. The van der Waals surface area contributed by atoms with Crippen LogP contribution in [-0.2, 0) is 9.59 Å². The number of carbonyl (C=O) groups is 2. The van der Waals surface area contributed by atoms with Crippen LogP contribution in [0, 0.1) is 5.92 Å². The summed E-state index contributed by atoms with van der Waals surface area (Å²) in [6.45, 7) is 0. The molecule has 0 aliphatic heterocycles. The number of aliphatic carboxylic acids is 2. The van der Waals surface area contributed by atoms with Gasteiger partial charge in [-0.15, -0.1) is 0 Å². The first-order valence-electron chi connectivity index (χ1n) is 4.76. The van der Waals surface area contributed by atoms with E-state index in [-0.39, 0.29) is 17.9 Å². The van der Waals surface area contributed by atoms with Crippen LogP contribution < -0.4 is 0 Å². The number of carboxylic acid groups (broad SMARTS) is 2. The molecule has 2 N–H and O–H groups in total. The Morgan fingerprint density at radius 3 is 2.21 bits per heavy atom. The fourth-order valence-corrected chi connectivity index (χ4v) is 1.86. The molecular weight excluding hydrogens is 184 g/mol. The highest BCUT2D eigenvalue weighted by molar-refractivity contribution is 5.88. The molecule has 78 valence electrons. The van der Waals surface area contributed by atoms with Crippen molar-refractivity contribution in [3.63, 3.8) is 0 Å². The van der Waals surface area contributed by atoms with Gasteiger partial charge in [0.05, 0.1) is 6.42 Å². The van der Waals surface area contributed by atoms with Crippen molar-refractivity contribution in [2.75, 3.05) is 0 Å². The minimum Gasteiger partial charge on any atom is -0.481 e. The highest BCUT2D eigenvalue weighted by atomic mass is 16.4. The third-order valence-electron chi connectivity index (χ3n) is 2.54. The van der Waals surface area contributed by atoms with Crippen LogP contribution in [0.2, 0.25) is 0 Å². The average Bonchev–Trinajstić information content (AvgIpc) is 2.56. The van der Waals surface area contributed by atoms with Crippen molar-refractivity contribution >= 4 is 11.9 Å². The van der Waals surface area contributed by atoms with E-state index in [4.69, 9.17) is 10.2 Å². The smallest absolute Gasteiger partial charge is 0.331 e. The second-order valence-corrected chi connectivity index (χ2v) is 3.54. The molecule has 0 spiro atoms. The fraction of sp³-hybridized carbons (Fsp3) is 0.600. The monoisotopic (exact) mass is 198 g/mol. The standard InChI is InChI=1S/C10H14O4/c11-9(12)6-5-8(10(13)14)7-3-1-2-4-7/h5,7H,1-4,6H2,(H,11,12)(H,13,14). The first-order chi connectivity index (χ1) is 6.61. The SMILES string of the molecule is O=C(O)CC=C(C(=O)O)C1CCCC1. The van der Waals surface area contributed by atoms with Crippen molar-refractivity contribution in [2.45, 2.75) is 32.1 Å². The van der Waals surface area contributed by atoms with Crippen LogP contribution >= 0.6 is 0 Å². The lowest BCUT2D eigenvalue weighted by atomic mass is 9.96. The zero-order valence-electron chi connectivity index (χ0n) is 7.90. The summed E-state index contributed by atoms with van der Waals surface area (Å²) >= 11 is 0. The molecule has 0 atom stereocenters. The van der Waals surface area contributed by atoms with Crippen molar-refractivity contribution < 1.29 is 19.8 Å². The van der Waals surface area contributed by atoms with Crippen molar-refractivity contribution in [3.8, 4) is 0 Å². The summed E-state index contributed by atoms with van der Waals surface area (Å²) in [6.07, 6.45) is 4.97. The van der Waals surface area contributed by atoms with E-state index in [0.717, 1.165) is 25.7 Å². The topological polar surface area (TPSA) is 74.6 Å². The molecule has 1 rings (SSSR count). The van der Waals surface area contributed by atoms with Gasteiger partial charge in [0.25, 0.3) is 0 Å². The van der Waals surface area contributed by atoms with E-state index in [1.807, 2.05) is 0 Å². The van der Waals surface area contributed by atoms with Gasteiger partial charge >= 0.3 is 11.9 Å². The van der Waals surface area contributed by atoms with E-state index in [0.29, 0.717) is 0 Å². The average molecular weight is 198 g/mol. The van der Waals surface area contributed by atoms with Crippen molar-refractivity contribution in [2.24, 2.45) is 5.92 Å². The van der Waals surface area contributed by atoms with Crippen molar-refractivity contribution in [1.29, 1.82) is 0 Å². The highest BCUT2D eigenvalue weighted by Crippen LogP contribution is 2.31. The van der Waals surface area contributed by atoms with E-state index in [1.54, 1.807) is 0 Å². The van der Waals surface area contributed by atoms with Crippen LogP contribution in [0.5, 0.6) is 0 Å². The molecule has 4 nitrogen and oxygen atoms in total. The van der Waals surface area contributed by atoms with Gasteiger partial charge < -0.3 is 10.2 Å². The van der Waals surface area contributed by atoms with E-state index in [1.165, 1.54) is 6.08 Å². The predicted octanol–water partition coefficient (Wildman–Crippen LogP) is 1.66. The Morgan fingerprint density at radius 1 is 1.21 bits per heavy atom. The van der Waals surface area contributed by atoms with Gasteiger partial charge in [0, 0.05) is 5.57 Å². The molecule has 0 unspecified atom stereocenters. The van der Waals surface area contributed by atoms with Gasteiger partial charge in [0.1, 0.15) is 0 Å². The van der Waals surface area contributed by atoms with Gasteiger partial charge in [-0.3, -0.25) is 4.79 Å². The molecule has 1 aliphatic carbocycles. The first kappa shape index (κ1) is 10.8. The second kappa shape index (κ2) is 4.79. The zero-order chi connectivity index (χ0) is 10.6. The molecule has 1 saturated carbocycles. The molecule has 14 heavy (non-hydrogen) atoms. The molecule has 0 radical (unpaired) electrons. The van der Waals surface area contributed by atoms with E-state index >= 15 is 0 Å². The van der Waals surface area contributed by atoms with Crippen LogP contribution in [0.25, 0.3) is 0 Å². The van der Waals surface area contributed by atoms with Gasteiger partial charge in [0.2, 0.25) is 0 Å². The Kier molecular flexibility index (Phi) is 3.68. The summed E-state index contributed by atoms with van der Waals surface area (Å²) in [7, 11) is 0. The summed E-state index contributed by atoms with van der Waals surface area (Å²) in [5, 5.41) is 17.3. The quantitative estimate of drug-likeness (QED) is 0.674. The number of hydrogen-bond donors (Lipinski definition) is 2. The van der Waals surface area contributed by atoms with E-state index in [9.17, 15) is 9.59 Å². The fourth-order valence-electron chi connectivity index (χ4n) is 1.86. The maximum Gasteiger partial charge on any atom is 0.331 e. The summed E-state index contributed by atoms with van der Waals surface area (Å²) in [4.78, 5) is 21.1. The van der Waals surface area contributed by atoms with Crippen LogP contribution in [-0.4, -0.2) is 22.2 Å². The maximum absolute atomic E-state index is 10.8. The van der Waals surface area contributed by atoms with E-state index < -0.39 is 11.9 Å². The summed E-state index contributed by atoms with van der Waals surface area (Å²) < 4.78 is 0. The lowest BCUT2D eigenvalue weighted by Crippen LogP contribution is -2.10. The highest BCUT2D eigenvalue weighted by Gasteiger charge is 2.23. The molecule has 1 aliphatic rings. The molecule has 0 amide bonds. The molecule has 1 fully saturated rings. The Balaban J connectivity index is 2.67. The lowest BCUT2D eigenvalue weighted by Gasteiger charge is -2.09.